The van der Waals surface area contributed by atoms with Crippen LogP contribution in [0.2, 0.25) is 0 Å². The van der Waals surface area contributed by atoms with Gasteiger partial charge < -0.3 is 14.8 Å². The van der Waals surface area contributed by atoms with E-state index in [2.05, 4.69) is 20.8 Å². The number of ether oxygens (including phenoxy) is 2. The normalized spacial score (nSPS) is 10.4. The number of aromatic nitrogens is 4. The molecule has 0 aliphatic carbocycles. The standard InChI is InChI=1S/C18H19N5O3/c1-12-4-5-14(10-16(12)23-11-19-21-22-23)20-18(24)9-13-8-15(25-2)6-7-17(13)26-3/h4-8,10-11H,9H2,1-3H3,(H,20,24). The zero-order chi connectivity index (χ0) is 18.5. The Hall–Kier alpha value is -3.42. The van der Waals surface area contributed by atoms with Crippen LogP contribution in [-0.2, 0) is 11.2 Å². The van der Waals surface area contributed by atoms with E-state index in [0.717, 1.165) is 16.8 Å². The summed E-state index contributed by atoms with van der Waals surface area (Å²) in [7, 11) is 3.15. The van der Waals surface area contributed by atoms with E-state index in [1.54, 1.807) is 37.1 Å². The maximum Gasteiger partial charge on any atom is 0.228 e. The van der Waals surface area contributed by atoms with Crippen molar-refractivity contribution in [1.29, 1.82) is 0 Å². The second-order valence-electron chi connectivity index (χ2n) is 5.66. The molecule has 0 saturated heterocycles. The van der Waals surface area contributed by atoms with Crippen LogP contribution in [-0.4, -0.2) is 40.3 Å². The van der Waals surface area contributed by atoms with Gasteiger partial charge in [-0.2, -0.15) is 0 Å². The SMILES string of the molecule is COc1ccc(OC)c(CC(=O)Nc2ccc(C)c(-n3cnnn3)c2)c1. The second-order valence-corrected chi connectivity index (χ2v) is 5.66. The van der Waals surface area contributed by atoms with Gasteiger partial charge in [0.15, 0.2) is 0 Å². The van der Waals surface area contributed by atoms with E-state index in [9.17, 15) is 4.79 Å². The summed E-state index contributed by atoms with van der Waals surface area (Å²) in [5.41, 5.74) is 3.20. The van der Waals surface area contributed by atoms with Crippen LogP contribution in [0.4, 0.5) is 5.69 Å². The number of tetrazole rings is 1. The van der Waals surface area contributed by atoms with E-state index in [0.29, 0.717) is 17.2 Å². The predicted octanol–water partition coefficient (Wildman–Crippen LogP) is 2.17. The van der Waals surface area contributed by atoms with Gasteiger partial charge in [-0.25, -0.2) is 4.68 Å². The molecule has 1 amide bonds. The van der Waals surface area contributed by atoms with E-state index < -0.39 is 0 Å². The van der Waals surface area contributed by atoms with Gasteiger partial charge in [-0.05, 0) is 53.2 Å². The molecule has 8 heteroatoms. The lowest BCUT2D eigenvalue weighted by Gasteiger charge is -2.12. The summed E-state index contributed by atoms with van der Waals surface area (Å²) in [5.74, 6) is 1.15. The van der Waals surface area contributed by atoms with Gasteiger partial charge >= 0.3 is 0 Å². The second kappa shape index (κ2) is 7.64. The summed E-state index contributed by atoms with van der Waals surface area (Å²) in [6.45, 7) is 1.95. The molecule has 1 aromatic heterocycles. The van der Waals surface area contributed by atoms with Crippen LogP contribution in [0.1, 0.15) is 11.1 Å². The highest BCUT2D eigenvalue weighted by Crippen LogP contribution is 2.25. The molecule has 0 saturated carbocycles. The number of anilines is 1. The van der Waals surface area contributed by atoms with Crippen LogP contribution in [0.15, 0.2) is 42.7 Å². The minimum absolute atomic E-state index is 0.161. The predicted molar refractivity (Wildman–Crippen MR) is 95.8 cm³/mol. The molecule has 0 aliphatic rings. The summed E-state index contributed by atoms with van der Waals surface area (Å²) in [4.78, 5) is 12.5. The maximum atomic E-state index is 12.5. The summed E-state index contributed by atoms with van der Waals surface area (Å²) >= 11 is 0. The van der Waals surface area contributed by atoms with Crippen molar-refractivity contribution in [1.82, 2.24) is 20.2 Å². The molecule has 134 valence electrons. The molecular weight excluding hydrogens is 334 g/mol. The first-order valence-corrected chi connectivity index (χ1v) is 7.95. The number of nitrogens with one attached hydrogen (secondary N) is 1. The van der Waals surface area contributed by atoms with E-state index in [1.807, 2.05) is 25.1 Å². The summed E-state index contributed by atoms with van der Waals surface area (Å²) < 4.78 is 12.1. The summed E-state index contributed by atoms with van der Waals surface area (Å²) in [6.07, 6.45) is 1.67. The van der Waals surface area contributed by atoms with Crippen LogP contribution in [0.5, 0.6) is 11.5 Å². The van der Waals surface area contributed by atoms with Gasteiger partial charge in [0.25, 0.3) is 0 Å². The Balaban J connectivity index is 1.78. The van der Waals surface area contributed by atoms with Gasteiger partial charge in [-0.15, -0.1) is 5.10 Å². The van der Waals surface area contributed by atoms with Gasteiger partial charge in [-0.1, -0.05) is 6.07 Å². The highest BCUT2D eigenvalue weighted by atomic mass is 16.5. The third kappa shape index (κ3) is 3.80. The Bertz CT molecular complexity index is 909. The Morgan fingerprint density at radius 1 is 1.15 bits per heavy atom. The van der Waals surface area contributed by atoms with E-state index in [4.69, 9.17) is 9.47 Å². The lowest BCUT2D eigenvalue weighted by atomic mass is 10.1. The van der Waals surface area contributed by atoms with Crippen LogP contribution < -0.4 is 14.8 Å². The number of nitrogens with zero attached hydrogens (tertiary/aromatic N) is 4. The van der Waals surface area contributed by atoms with Crippen molar-refractivity contribution < 1.29 is 14.3 Å². The third-order valence-electron chi connectivity index (χ3n) is 3.93. The average Bonchev–Trinajstić information content (AvgIpc) is 3.17. The third-order valence-corrected chi connectivity index (χ3v) is 3.93. The average molecular weight is 353 g/mol. The van der Waals surface area contributed by atoms with Crippen LogP contribution in [0, 0.1) is 6.92 Å². The molecule has 26 heavy (non-hydrogen) atoms. The van der Waals surface area contributed by atoms with Gasteiger partial charge in [0.1, 0.15) is 17.8 Å². The summed E-state index contributed by atoms with van der Waals surface area (Å²) in [6, 6.07) is 10.9. The molecule has 2 aromatic carbocycles. The maximum absolute atomic E-state index is 12.5. The summed E-state index contributed by atoms with van der Waals surface area (Å²) in [5, 5.41) is 14.1. The Morgan fingerprint density at radius 3 is 2.69 bits per heavy atom. The quantitative estimate of drug-likeness (QED) is 0.730. The number of hydrogen-bond acceptors (Lipinski definition) is 6. The number of aryl methyl sites for hydroxylation is 1. The van der Waals surface area contributed by atoms with Gasteiger partial charge in [0, 0.05) is 11.3 Å². The molecule has 8 nitrogen and oxygen atoms in total. The lowest BCUT2D eigenvalue weighted by Crippen LogP contribution is -2.15. The fraction of sp³-hybridized carbons (Fsp3) is 0.222. The number of amides is 1. The highest BCUT2D eigenvalue weighted by Gasteiger charge is 2.12. The van der Waals surface area contributed by atoms with E-state index in [-0.39, 0.29) is 12.3 Å². The van der Waals surface area contributed by atoms with Crippen LogP contribution in [0.25, 0.3) is 5.69 Å². The molecule has 0 aliphatic heterocycles. The zero-order valence-electron chi connectivity index (χ0n) is 14.8. The number of methoxy groups -OCH3 is 2. The minimum Gasteiger partial charge on any atom is -0.497 e. The Labute approximate surface area is 150 Å². The van der Waals surface area contributed by atoms with E-state index >= 15 is 0 Å². The molecule has 3 aromatic rings. The first-order valence-electron chi connectivity index (χ1n) is 7.95. The highest BCUT2D eigenvalue weighted by molar-refractivity contribution is 5.93. The molecule has 1 heterocycles. The molecule has 0 fully saturated rings. The largest absolute Gasteiger partial charge is 0.497 e. The molecule has 0 atom stereocenters. The fourth-order valence-electron chi connectivity index (χ4n) is 2.60. The number of benzene rings is 2. The van der Waals surface area contributed by atoms with Crippen molar-refractivity contribution >= 4 is 11.6 Å². The number of carbonyl (C=O) groups excluding carboxylic acids is 1. The van der Waals surface area contributed by atoms with Gasteiger partial charge in [-0.3, -0.25) is 4.79 Å². The number of carbonyl (C=O) groups is 1. The molecule has 3 rings (SSSR count). The number of hydrogen-bond donors (Lipinski definition) is 1. The van der Waals surface area contributed by atoms with Gasteiger partial charge in [0.05, 0.1) is 26.3 Å². The van der Waals surface area contributed by atoms with Crippen molar-refractivity contribution in [3.05, 3.63) is 53.9 Å². The van der Waals surface area contributed by atoms with Crippen LogP contribution >= 0.6 is 0 Å². The molecule has 1 N–H and O–H groups in total. The molecule has 0 spiro atoms. The first-order chi connectivity index (χ1) is 12.6. The van der Waals surface area contributed by atoms with Crippen molar-refractivity contribution in [3.63, 3.8) is 0 Å². The van der Waals surface area contributed by atoms with Crippen molar-refractivity contribution in [2.75, 3.05) is 19.5 Å². The van der Waals surface area contributed by atoms with Gasteiger partial charge in [0.2, 0.25) is 5.91 Å². The molecular formula is C18H19N5O3. The minimum atomic E-state index is -0.164. The molecule has 0 unspecified atom stereocenters. The fourth-order valence-corrected chi connectivity index (χ4v) is 2.60. The Morgan fingerprint density at radius 2 is 2.00 bits per heavy atom. The van der Waals surface area contributed by atoms with Crippen molar-refractivity contribution in [2.24, 2.45) is 0 Å². The topological polar surface area (TPSA) is 91.2 Å². The Kier molecular flexibility index (Phi) is 5.12. The monoisotopic (exact) mass is 353 g/mol. The van der Waals surface area contributed by atoms with Crippen LogP contribution in [0.3, 0.4) is 0 Å². The lowest BCUT2D eigenvalue weighted by molar-refractivity contribution is -0.115. The number of rotatable bonds is 6. The zero-order valence-corrected chi connectivity index (χ0v) is 14.8. The van der Waals surface area contributed by atoms with E-state index in [1.165, 1.54) is 6.33 Å². The molecule has 0 bridgehead atoms. The van der Waals surface area contributed by atoms with Crippen molar-refractivity contribution in [2.45, 2.75) is 13.3 Å². The first kappa shape index (κ1) is 17.4. The van der Waals surface area contributed by atoms with Crippen molar-refractivity contribution in [3.8, 4) is 17.2 Å². The smallest absolute Gasteiger partial charge is 0.228 e. The molecule has 0 radical (unpaired) electrons.